The van der Waals surface area contributed by atoms with Crippen LogP contribution in [0.25, 0.3) is 0 Å². The zero-order chi connectivity index (χ0) is 12.4. The fourth-order valence-electron chi connectivity index (χ4n) is 1.61. The molecule has 92 valence electrons. The molecule has 0 saturated heterocycles. The molecule has 0 aromatic heterocycles. The lowest BCUT2D eigenvalue weighted by molar-refractivity contribution is -0.000949. The standard InChI is InChI=1S/C13H25BO2/c1-12(2,3)13(4,5)16-14(6)11-7-9-15-10-8-11/h7H,8-10H2,1-6H3. The minimum absolute atomic E-state index is 0.119. The van der Waals surface area contributed by atoms with Crippen molar-refractivity contribution < 1.29 is 9.39 Å². The van der Waals surface area contributed by atoms with Crippen LogP contribution in [0.1, 0.15) is 41.0 Å². The average Bonchev–Trinajstić information content (AvgIpc) is 2.16. The summed E-state index contributed by atoms with van der Waals surface area (Å²) in [7, 11) is 0. The van der Waals surface area contributed by atoms with Gasteiger partial charge < -0.3 is 9.39 Å². The van der Waals surface area contributed by atoms with Gasteiger partial charge in [-0.1, -0.05) is 39.1 Å². The minimum atomic E-state index is -0.119. The molecule has 0 saturated carbocycles. The van der Waals surface area contributed by atoms with E-state index in [9.17, 15) is 0 Å². The maximum atomic E-state index is 6.22. The molecule has 2 nitrogen and oxygen atoms in total. The number of hydrogen-bond acceptors (Lipinski definition) is 2. The highest BCUT2D eigenvalue weighted by molar-refractivity contribution is 6.59. The molecule has 0 aliphatic carbocycles. The van der Waals surface area contributed by atoms with Crippen molar-refractivity contribution in [2.24, 2.45) is 5.41 Å². The smallest absolute Gasteiger partial charge is 0.320 e. The van der Waals surface area contributed by atoms with E-state index in [2.05, 4.69) is 47.5 Å². The summed E-state index contributed by atoms with van der Waals surface area (Å²) in [4.78, 5) is 0. The van der Waals surface area contributed by atoms with E-state index in [0.29, 0.717) is 0 Å². The Kier molecular flexibility index (Phi) is 4.25. The van der Waals surface area contributed by atoms with Crippen LogP contribution in [0.15, 0.2) is 11.5 Å². The van der Waals surface area contributed by atoms with E-state index in [4.69, 9.17) is 9.39 Å². The predicted molar refractivity (Wildman–Crippen MR) is 69.8 cm³/mol. The maximum absolute atomic E-state index is 6.22. The van der Waals surface area contributed by atoms with Crippen molar-refractivity contribution in [2.45, 2.75) is 53.5 Å². The second-order valence-electron chi connectivity index (χ2n) is 6.12. The van der Waals surface area contributed by atoms with Crippen molar-refractivity contribution in [3.63, 3.8) is 0 Å². The lowest BCUT2D eigenvalue weighted by atomic mass is 9.59. The van der Waals surface area contributed by atoms with Crippen LogP contribution in [0.2, 0.25) is 6.82 Å². The first-order chi connectivity index (χ1) is 7.24. The second kappa shape index (κ2) is 4.93. The summed E-state index contributed by atoms with van der Waals surface area (Å²) in [5.41, 5.74) is 1.40. The van der Waals surface area contributed by atoms with Gasteiger partial charge in [-0.15, -0.1) is 0 Å². The van der Waals surface area contributed by atoms with Gasteiger partial charge in [-0.3, -0.25) is 0 Å². The van der Waals surface area contributed by atoms with Crippen LogP contribution in [0.3, 0.4) is 0 Å². The molecule has 0 aromatic carbocycles. The predicted octanol–water partition coefficient (Wildman–Crippen LogP) is 3.33. The summed E-state index contributed by atoms with van der Waals surface area (Å²) in [6.45, 7) is 14.9. The zero-order valence-corrected chi connectivity index (χ0v) is 11.6. The molecular weight excluding hydrogens is 199 g/mol. The normalized spacial score (nSPS) is 18.2. The topological polar surface area (TPSA) is 18.5 Å². The van der Waals surface area contributed by atoms with Gasteiger partial charge in [0.15, 0.2) is 0 Å². The molecule has 0 spiro atoms. The molecular formula is C13H25BO2. The summed E-state index contributed by atoms with van der Waals surface area (Å²) in [6, 6.07) is 0. The summed E-state index contributed by atoms with van der Waals surface area (Å²) in [5.74, 6) is 0. The third-order valence-corrected chi connectivity index (χ3v) is 3.80. The monoisotopic (exact) mass is 224 g/mol. The van der Waals surface area contributed by atoms with E-state index in [0.717, 1.165) is 19.6 Å². The highest BCUT2D eigenvalue weighted by atomic mass is 16.5. The molecule has 16 heavy (non-hydrogen) atoms. The Morgan fingerprint density at radius 3 is 2.31 bits per heavy atom. The van der Waals surface area contributed by atoms with E-state index >= 15 is 0 Å². The third kappa shape index (κ3) is 3.36. The van der Waals surface area contributed by atoms with E-state index in [1.807, 2.05) is 0 Å². The first-order valence-corrected chi connectivity index (χ1v) is 6.18. The maximum Gasteiger partial charge on any atom is 0.320 e. The van der Waals surface area contributed by atoms with Crippen molar-refractivity contribution in [3.05, 3.63) is 11.5 Å². The third-order valence-electron chi connectivity index (χ3n) is 3.80. The van der Waals surface area contributed by atoms with Crippen LogP contribution >= 0.6 is 0 Å². The zero-order valence-electron chi connectivity index (χ0n) is 11.6. The van der Waals surface area contributed by atoms with Crippen LogP contribution in [-0.4, -0.2) is 25.7 Å². The Morgan fingerprint density at radius 1 is 1.25 bits per heavy atom. The Bertz CT molecular complexity index is 264. The van der Waals surface area contributed by atoms with E-state index in [1.54, 1.807) is 0 Å². The van der Waals surface area contributed by atoms with Gasteiger partial charge in [0, 0.05) is 0 Å². The van der Waals surface area contributed by atoms with Crippen LogP contribution in [0.5, 0.6) is 0 Å². The fraction of sp³-hybridized carbons (Fsp3) is 0.846. The van der Waals surface area contributed by atoms with Crippen molar-refractivity contribution in [2.75, 3.05) is 13.2 Å². The first kappa shape index (κ1) is 13.8. The van der Waals surface area contributed by atoms with Gasteiger partial charge in [-0.25, -0.2) is 0 Å². The van der Waals surface area contributed by atoms with E-state index < -0.39 is 0 Å². The molecule has 1 rings (SSSR count). The molecule has 1 aliphatic rings. The molecule has 0 unspecified atom stereocenters. The lowest BCUT2D eigenvalue weighted by Crippen LogP contribution is -2.44. The molecule has 0 atom stereocenters. The van der Waals surface area contributed by atoms with Crippen LogP contribution in [0, 0.1) is 5.41 Å². The van der Waals surface area contributed by atoms with Gasteiger partial charge in [-0.05, 0) is 25.7 Å². The van der Waals surface area contributed by atoms with Gasteiger partial charge in [0.1, 0.15) is 0 Å². The summed E-state index contributed by atoms with van der Waals surface area (Å²) in [6.07, 6.45) is 3.16. The average molecular weight is 224 g/mol. The fourth-order valence-corrected chi connectivity index (χ4v) is 1.61. The minimum Gasteiger partial charge on any atom is -0.426 e. The van der Waals surface area contributed by atoms with Crippen molar-refractivity contribution in [3.8, 4) is 0 Å². The molecule has 1 heterocycles. The van der Waals surface area contributed by atoms with Crippen molar-refractivity contribution in [1.29, 1.82) is 0 Å². The summed E-state index contributed by atoms with van der Waals surface area (Å²) >= 11 is 0. The molecule has 0 aromatic rings. The van der Waals surface area contributed by atoms with Gasteiger partial charge in [0.2, 0.25) is 0 Å². The summed E-state index contributed by atoms with van der Waals surface area (Å²) < 4.78 is 11.5. The van der Waals surface area contributed by atoms with Crippen LogP contribution < -0.4 is 0 Å². The van der Waals surface area contributed by atoms with Gasteiger partial charge in [0.25, 0.3) is 0 Å². The highest BCUT2D eigenvalue weighted by Crippen LogP contribution is 2.34. The Labute approximate surface area is 101 Å². The largest absolute Gasteiger partial charge is 0.426 e. The van der Waals surface area contributed by atoms with E-state index in [-0.39, 0.29) is 17.9 Å². The number of ether oxygens (including phenoxy) is 1. The molecule has 0 radical (unpaired) electrons. The van der Waals surface area contributed by atoms with Crippen LogP contribution in [0.4, 0.5) is 0 Å². The molecule has 0 N–H and O–H groups in total. The quantitative estimate of drug-likeness (QED) is 0.684. The molecule has 3 heteroatoms. The van der Waals surface area contributed by atoms with Crippen molar-refractivity contribution in [1.82, 2.24) is 0 Å². The first-order valence-electron chi connectivity index (χ1n) is 6.18. The molecule has 0 bridgehead atoms. The highest BCUT2D eigenvalue weighted by Gasteiger charge is 2.36. The number of hydrogen-bond donors (Lipinski definition) is 0. The summed E-state index contributed by atoms with van der Waals surface area (Å²) in [5, 5.41) is 0. The molecule has 0 amide bonds. The van der Waals surface area contributed by atoms with Crippen LogP contribution in [-0.2, 0) is 9.39 Å². The SMILES string of the molecule is CB(OC(C)(C)C(C)(C)C)C1=CCOCC1. The van der Waals surface area contributed by atoms with E-state index in [1.165, 1.54) is 5.47 Å². The van der Waals surface area contributed by atoms with Gasteiger partial charge in [-0.2, -0.15) is 0 Å². The van der Waals surface area contributed by atoms with Crippen molar-refractivity contribution >= 4 is 6.92 Å². The molecule has 0 fully saturated rings. The second-order valence-corrected chi connectivity index (χ2v) is 6.12. The number of rotatable bonds is 3. The molecule has 1 aliphatic heterocycles. The Balaban J connectivity index is 2.63. The Morgan fingerprint density at radius 2 is 1.88 bits per heavy atom. The van der Waals surface area contributed by atoms with Gasteiger partial charge >= 0.3 is 6.92 Å². The lowest BCUT2D eigenvalue weighted by Gasteiger charge is -2.41. The Hall–Kier alpha value is -0.275. The van der Waals surface area contributed by atoms with Gasteiger partial charge in [0.05, 0.1) is 18.8 Å².